The maximum atomic E-state index is 14.0. The third-order valence-electron chi connectivity index (χ3n) is 9.18. The van der Waals surface area contributed by atoms with Crippen LogP contribution < -0.4 is 15.0 Å². The largest absolute Gasteiger partial charge is 0.491 e. The summed E-state index contributed by atoms with van der Waals surface area (Å²) < 4.78 is 44.2. The normalized spacial score (nSPS) is 13.0. The van der Waals surface area contributed by atoms with Gasteiger partial charge < -0.3 is 24.8 Å². The Morgan fingerprint density at radius 2 is 1.38 bits per heavy atom. The third-order valence-corrected chi connectivity index (χ3v) is 9.18. The van der Waals surface area contributed by atoms with Crippen LogP contribution >= 0.6 is 0 Å². The first-order valence-corrected chi connectivity index (χ1v) is 17.6. The number of hydrogen-bond acceptors (Lipinski definition) is 5. The molecule has 0 aromatic heterocycles. The predicted octanol–water partition coefficient (Wildman–Crippen LogP) is 7.67. The van der Waals surface area contributed by atoms with Crippen LogP contribution in [0.4, 0.5) is 24.5 Å². The van der Waals surface area contributed by atoms with Crippen molar-refractivity contribution in [1.29, 1.82) is 0 Å². The van der Waals surface area contributed by atoms with E-state index in [-0.39, 0.29) is 50.3 Å². The van der Waals surface area contributed by atoms with E-state index in [1.165, 1.54) is 9.80 Å². The minimum Gasteiger partial charge on any atom is -0.491 e. The predicted molar refractivity (Wildman–Crippen MR) is 198 cm³/mol. The zero-order chi connectivity index (χ0) is 38.1. The van der Waals surface area contributed by atoms with Gasteiger partial charge >= 0.3 is 12.1 Å². The molecule has 4 amide bonds. The van der Waals surface area contributed by atoms with E-state index in [0.29, 0.717) is 54.1 Å². The number of carbonyl (C=O) groups is 4. The monoisotopic (exact) mass is 728 g/mol. The summed E-state index contributed by atoms with van der Waals surface area (Å²) in [4.78, 5) is 55.4. The molecule has 0 saturated carbocycles. The van der Waals surface area contributed by atoms with Crippen LogP contribution in [-0.2, 0) is 9.59 Å². The average Bonchev–Trinajstić information content (AvgIpc) is 3.15. The second-order valence-corrected chi connectivity index (χ2v) is 13.1. The Morgan fingerprint density at radius 3 is 2.08 bits per heavy atom. The Bertz CT molecular complexity index is 1940. The van der Waals surface area contributed by atoms with Gasteiger partial charge in [0.05, 0.1) is 23.5 Å². The van der Waals surface area contributed by atoms with Crippen LogP contribution in [0.25, 0.3) is 11.1 Å². The Morgan fingerprint density at radius 1 is 0.755 bits per heavy atom. The van der Waals surface area contributed by atoms with Gasteiger partial charge in [-0.05, 0) is 80.1 Å². The zero-order valence-electron chi connectivity index (χ0n) is 30.0. The van der Waals surface area contributed by atoms with Crippen molar-refractivity contribution in [3.63, 3.8) is 0 Å². The van der Waals surface area contributed by atoms with Gasteiger partial charge in [-0.25, -0.2) is 0 Å². The number of nitrogens with one attached hydrogen (secondary N) is 1. The molecule has 0 radical (unpaired) electrons. The first-order chi connectivity index (χ1) is 25.3. The highest BCUT2D eigenvalue weighted by Crippen LogP contribution is 2.32. The topological polar surface area (TPSA) is 99.3 Å². The Labute approximate surface area is 307 Å². The van der Waals surface area contributed by atoms with Gasteiger partial charge in [-0.15, -0.1) is 0 Å². The van der Waals surface area contributed by atoms with Crippen molar-refractivity contribution in [1.82, 2.24) is 9.80 Å². The van der Waals surface area contributed by atoms with Crippen molar-refractivity contribution in [2.24, 2.45) is 0 Å². The smallest absolute Gasteiger partial charge is 0.471 e. The molecule has 12 heteroatoms. The SMILES string of the molecule is Cc1ccc(-c2ccccc2C(=O)Nc2ccccc2C(=O)N(C)c2ccc(C)cc2OCCCCCC(=O)N2CCN(C(=O)C(F)(F)F)CC2)cc1. The summed E-state index contributed by atoms with van der Waals surface area (Å²) in [6, 6.07) is 27.7. The molecule has 0 spiro atoms. The Kier molecular flexibility index (Phi) is 12.6. The lowest BCUT2D eigenvalue weighted by Crippen LogP contribution is -2.53. The second kappa shape index (κ2) is 17.2. The fraction of sp³-hybridized carbons (Fsp3) is 0.317. The molecule has 1 aliphatic rings. The van der Waals surface area contributed by atoms with Gasteiger partial charge in [0, 0.05) is 45.2 Å². The number of aryl methyl sites for hydroxylation is 2. The number of unbranched alkanes of at least 4 members (excludes halogenated alkanes) is 2. The van der Waals surface area contributed by atoms with E-state index in [1.807, 2.05) is 68.4 Å². The molecule has 53 heavy (non-hydrogen) atoms. The number of piperazine rings is 1. The molecular formula is C41H43F3N4O5. The molecule has 0 unspecified atom stereocenters. The van der Waals surface area contributed by atoms with Crippen LogP contribution in [0.15, 0.2) is 91.0 Å². The number of amides is 4. The lowest BCUT2D eigenvalue weighted by molar-refractivity contribution is -0.187. The number of hydrogen-bond donors (Lipinski definition) is 1. The summed E-state index contributed by atoms with van der Waals surface area (Å²) in [5.74, 6) is -2.20. The molecule has 1 aliphatic heterocycles. The van der Waals surface area contributed by atoms with Crippen molar-refractivity contribution in [3.05, 3.63) is 113 Å². The minimum absolute atomic E-state index is 0.0744. The fourth-order valence-corrected chi connectivity index (χ4v) is 6.17. The summed E-state index contributed by atoms with van der Waals surface area (Å²) in [7, 11) is 1.65. The maximum Gasteiger partial charge on any atom is 0.471 e. The van der Waals surface area contributed by atoms with Crippen molar-refractivity contribution in [2.75, 3.05) is 50.1 Å². The minimum atomic E-state index is -4.92. The van der Waals surface area contributed by atoms with Gasteiger partial charge in [0.1, 0.15) is 5.75 Å². The van der Waals surface area contributed by atoms with Gasteiger partial charge in [0.25, 0.3) is 11.8 Å². The molecule has 4 aromatic carbocycles. The van der Waals surface area contributed by atoms with Crippen LogP contribution in [0.3, 0.4) is 0 Å². The maximum absolute atomic E-state index is 14.0. The molecular weight excluding hydrogens is 685 g/mol. The summed E-state index contributed by atoms with van der Waals surface area (Å²) in [6.45, 7) is 4.12. The number of carbonyl (C=O) groups excluding carboxylic acids is 4. The number of para-hydroxylation sites is 1. The highest BCUT2D eigenvalue weighted by molar-refractivity contribution is 6.15. The lowest BCUT2D eigenvalue weighted by atomic mass is 9.98. The van der Waals surface area contributed by atoms with E-state index < -0.39 is 12.1 Å². The summed E-state index contributed by atoms with van der Waals surface area (Å²) in [5.41, 5.74) is 5.43. The van der Waals surface area contributed by atoms with Crippen molar-refractivity contribution in [3.8, 4) is 16.9 Å². The van der Waals surface area contributed by atoms with E-state index in [0.717, 1.165) is 27.2 Å². The standard InChI is InChI=1S/C41H43F3N4O5/c1-28-16-19-30(20-17-28)31-11-6-7-12-32(31)38(50)45-34-14-9-8-13-33(34)39(51)46(3)35-21-18-29(2)27-36(35)53-26-10-4-5-15-37(49)47-22-24-48(25-23-47)40(52)41(42,43)44/h6-9,11-14,16-21,27H,4-5,10,15,22-26H2,1-3H3,(H,45,50). The van der Waals surface area contributed by atoms with Gasteiger partial charge in [0.2, 0.25) is 5.91 Å². The molecule has 4 aromatic rings. The van der Waals surface area contributed by atoms with Crippen molar-refractivity contribution < 1.29 is 37.1 Å². The molecule has 1 saturated heterocycles. The summed E-state index contributed by atoms with van der Waals surface area (Å²) in [5, 5.41) is 2.95. The number of benzene rings is 4. The molecule has 5 rings (SSSR count). The highest BCUT2D eigenvalue weighted by atomic mass is 19.4. The Hall–Kier alpha value is -5.65. The Balaban J connectivity index is 1.16. The van der Waals surface area contributed by atoms with E-state index >= 15 is 0 Å². The first-order valence-electron chi connectivity index (χ1n) is 17.6. The van der Waals surface area contributed by atoms with E-state index in [2.05, 4.69) is 5.32 Å². The molecule has 1 N–H and O–H groups in total. The molecule has 9 nitrogen and oxygen atoms in total. The quantitative estimate of drug-likeness (QED) is 0.151. The van der Waals surface area contributed by atoms with Crippen molar-refractivity contribution in [2.45, 2.75) is 45.7 Å². The number of rotatable bonds is 12. The molecule has 0 bridgehead atoms. The number of alkyl halides is 3. The van der Waals surface area contributed by atoms with Gasteiger partial charge in [0.15, 0.2) is 0 Å². The van der Waals surface area contributed by atoms with Crippen LogP contribution in [0.1, 0.15) is 57.5 Å². The number of halogens is 3. The van der Waals surface area contributed by atoms with Crippen LogP contribution in [0, 0.1) is 13.8 Å². The first kappa shape index (κ1) is 38.6. The summed E-state index contributed by atoms with van der Waals surface area (Å²) >= 11 is 0. The number of ether oxygens (including phenoxy) is 1. The molecule has 1 heterocycles. The molecule has 278 valence electrons. The van der Waals surface area contributed by atoms with Crippen LogP contribution in [0.2, 0.25) is 0 Å². The highest BCUT2D eigenvalue weighted by Gasteiger charge is 2.43. The summed E-state index contributed by atoms with van der Waals surface area (Å²) in [6.07, 6.45) is -2.80. The molecule has 0 aliphatic carbocycles. The third kappa shape index (κ3) is 9.82. The zero-order valence-corrected chi connectivity index (χ0v) is 30.0. The van der Waals surface area contributed by atoms with E-state index in [1.54, 1.807) is 43.4 Å². The van der Waals surface area contributed by atoms with Crippen LogP contribution in [-0.4, -0.2) is 79.4 Å². The number of anilines is 2. The van der Waals surface area contributed by atoms with Crippen molar-refractivity contribution >= 4 is 35.0 Å². The van der Waals surface area contributed by atoms with Gasteiger partial charge in [-0.1, -0.05) is 66.2 Å². The lowest BCUT2D eigenvalue weighted by Gasteiger charge is -2.35. The van der Waals surface area contributed by atoms with E-state index in [9.17, 15) is 32.3 Å². The fourth-order valence-electron chi connectivity index (χ4n) is 6.17. The number of nitrogens with zero attached hydrogens (tertiary/aromatic N) is 3. The van der Waals surface area contributed by atoms with E-state index in [4.69, 9.17) is 4.74 Å². The second-order valence-electron chi connectivity index (χ2n) is 13.1. The molecule has 0 atom stereocenters. The van der Waals surface area contributed by atoms with Crippen LogP contribution in [0.5, 0.6) is 5.75 Å². The van der Waals surface area contributed by atoms with Gasteiger partial charge in [-0.3, -0.25) is 19.2 Å². The van der Waals surface area contributed by atoms with Gasteiger partial charge in [-0.2, -0.15) is 13.2 Å². The molecule has 1 fully saturated rings. The average molecular weight is 729 g/mol.